The lowest BCUT2D eigenvalue weighted by Gasteiger charge is -2.23. The number of hydrogen-bond acceptors (Lipinski definition) is 4. The van der Waals surface area contributed by atoms with Crippen LogP contribution < -0.4 is 10.2 Å². The maximum Gasteiger partial charge on any atom is 0.258 e. The van der Waals surface area contributed by atoms with E-state index in [1.165, 1.54) is 24.4 Å². The van der Waals surface area contributed by atoms with E-state index in [9.17, 15) is 22.8 Å². The zero-order valence-corrected chi connectivity index (χ0v) is 17.6. The van der Waals surface area contributed by atoms with Gasteiger partial charge in [0.2, 0.25) is 0 Å². The van der Waals surface area contributed by atoms with Gasteiger partial charge in [-0.3, -0.25) is 9.59 Å². The Morgan fingerprint density at radius 2 is 1.67 bits per heavy atom. The van der Waals surface area contributed by atoms with Crippen LogP contribution in [0.2, 0.25) is 0 Å². The van der Waals surface area contributed by atoms with Crippen molar-refractivity contribution in [3.63, 3.8) is 0 Å². The van der Waals surface area contributed by atoms with Gasteiger partial charge >= 0.3 is 0 Å². The van der Waals surface area contributed by atoms with Crippen LogP contribution in [0.5, 0.6) is 0 Å². The average Bonchev–Trinajstić information content (AvgIpc) is 3.06. The van der Waals surface area contributed by atoms with Gasteiger partial charge in [-0.05, 0) is 42.8 Å². The Bertz CT molecular complexity index is 1170. The van der Waals surface area contributed by atoms with Crippen molar-refractivity contribution in [1.82, 2.24) is 9.88 Å². The maximum atomic E-state index is 14.0. The molecule has 170 valence electrons. The minimum absolute atomic E-state index is 0.0588. The van der Waals surface area contributed by atoms with Gasteiger partial charge in [-0.1, -0.05) is 12.1 Å². The highest BCUT2D eigenvalue weighted by molar-refractivity contribution is 6.04. The molecule has 3 aromatic rings. The zero-order valence-electron chi connectivity index (χ0n) is 17.6. The molecule has 1 N–H and O–H groups in total. The Balaban J connectivity index is 1.38. The van der Waals surface area contributed by atoms with Crippen molar-refractivity contribution in [3.8, 4) is 0 Å². The van der Waals surface area contributed by atoms with Crippen LogP contribution in [0.3, 0.4) is 0 Å². The van der Waals surface area contributed by atoms with E-state index in [2.05, 4.69) is 10.3 Å². The first-order chi connectivity index (χ1) is 15.9. The first-order valence-electron chi connectivity index (χ1n) is 10.4. The number of anilines is 2. The molecule has 1 fully saturated rings. The van der Waals surface area contributed by atoms with Crippen molar-refractivity contribution >= 4 is 23.3 Å². The molecule has 2 heterocycles. The SMILES string of the molecule is O=C(Nc1ccc(N2CCCN(C(=O)c3ccc(F)cc3F)CC2)nc1)c1ccccc1F. The number of pyridine rings is 1. The molecule has 1 aromatic heterocycles. The topological polar surface area (TPSA) is 65.5 Å². The molecule has 4 rings (SSSR count). The molecule has 0 spiro atoms. The van der Waals surface area contributed by atoms with E-state index in [-0.39, 0.29) is 11.1 Å². The first-order valence-corrected chi connectivity index (χ1v) is 10.4. The highest BCUT2D eigenvalue weighted by atomic mass is 19.1. The van der Waals surface area contributed by atoms with Gasteiger partial charge in [0, 0.05) is 32.2 Å². The van der Waals surface area contributed by atoms with Gasteiger partial charge in [-0.2, -0.15) is 0 Å². The first kappa shape index (κ1) is 22.3. The van der Waals surface area contributed by atoms with Gasteiger partial charge in [0.05, 0.1) is 23.0 Å². The van der Waals surface area contributed by atoms with Crippen LogP contribution in [-0.4, -0.2) is 47.9 Å². The lowest BCUT2D eigenvalue weighted by Crippen LogP contribution is -2.35. The van der Waals surface area contributed by atoms with Crippen LogP contribution in [0, 0.1) is 17.5 Å². The highest BCUT2D eigenvalue weighted by Gasteiger charge is 2.23. The van der Waals surface area contributed by atoms with Gasteiger partial charge in [0.15, 0.2) is 0 Å². The lowest BCUT2D eigenvalue weighted by atomic mass is 10.1. The minimum Gasteiger partial charge on any atom is -0.355 e. The third kappa shape index (κ3) is 5.14. The van der Waals surface area contributed by atoms with Crippen LogP contribution >= 0.6 is 0 Å². The zero-order chi connectivity index (χ0) is 23.4. The summed E-state index contributed by atoms with van der Waals surface area (Å²) in [6.07, 6.45) is 2.12. The minimum atomic E-state index is -0.879. The van der Waals surface area contributed by atoms with Crippen LogP contribution in [0.15, 0.2) is 60.8 Å². The van der Waals surface area contributed by atoms with Crippen molar-refractivity contribution in [1.29, 1.82) is 0 Å². The molecule has 0 unspecified atom stereocenters. The predicted octanol–water partition coefficient (Wildman–Crippen LogP) is 4.10. The molecule has 0 radical (unpaired) electrons. The number of benzene rings is 2. The van der Waals surface area contributed by atoms with E-state index in [1.54, 1.807) is 23.1 Å². The number of carbonyl (C=O) groups excluding carboxylic acids is 2. The van der Waals surface area contributed by atoms with Gasteiger partial charge in [0.25, 0.3) is 11.8 Å². The molecule has 0 bridgehead atoms. The normalized spacial score (nSPS) is 14.0. The van der Waals surface area contributed by atoms with Crippen LogP contribution in [0.1, 0.15) is 27.1 Å². The summed E-state index contributed by atoms with van der Waals surface area (Å²) < 4.78 is 40.9. The van der Waals surface area contributed by atoms with Gasteiger partial charge < -0.3 is 15.1 Å². The number of nitrogens with zero attached hydrogens (tertiary/aromatic N) is 3. The Hall–Kier alpha value is -3.88. The molecule has 1 aliphatic heterocycles. The Morgan fingerprint density at radius 3 is 2.39 bits per heavy atom. The van der Waals surface area contributed by atoms with Crippen LogP contribution in [0.4, 0.5) is 24.7 Å². The summed E-state index contributed by atoms with van der Waals surface area (Å²) in [6.45, 7) is 1.89. The summed E-state index contributed by atoms with van der Waals surface area (Å²) in [6, 6.07) is 12.0. The van der Waals surface area contributed by atoms with Crippen molar-refractivity contribution in [2.24, 2.45) is 0 Å². The predicted molar refractivity (Wildman–Crippen MR) is 118 cm³/mol. The number of amides is 2. The van der Waals surface area contributed by atoms with Gasteiger partial charge in [-0.25, -0.2) is 18.2 Å². The molecule has 9 heteroatoms. The van der Waals surface area contributed by atoms with Crippen molar-refractivity contribution in [2.45, 2.75) is 6.42 Å². The smallest absolute Gasteiger partial charge is 0.258 e. The largest absolute Gasteiger partial charge is 0.355 e. The Kier molecular flexibility index (Phi) is 6.58. The molecular weight excluding hydrogens is 433 g/mol. The lowest BCUT2D eigenvalue weighted by molar-refractivity contribution is 0.0762. The number of halogens is 3. The third-order valence-electron chi connectivity index (χ3n) is 5.39. The molecule has 33 heavy (non-hydrogen) atoms. The van der Waals surface area contributed by atoms with E-state index >= 15 is 0 Å². The fourth-order valence-corrected chi connectivity index (χ4v) is 3.67. The molecule has 0 atom stereocenters. The number of aromatic nitrogens is 1. The summed E-state index contributed by atoms with van der Waals surface area (Å²) in [5, 5.41) is 2.62. The van der Waals surface area contributed by atoms with E-state index in [0.717, 1.165) is 12.1 Å². The molecule has 0 aliphatic carbocycles. The second-order valence-corrected chi connectivity index (χ2v) is 7.60. The molecule has 1 saturated heterocycles. The fourth-order valence-electron chi connectivity index (χ4n) is 3.67. The Morgan fingerprint density at radius 1 is 0.848 bits per heavy atom. The average molecular weight is 454 g/mol. The molecule has 1 aliphatic rings. The van der Waals surface area contributed by atoms with Crippen LogP contribution in [-0.2, 0) is 0 Å². The van der Waals surface area contributed by atoms with Crippen molar-refractivity contribution in [3.05, 3.63) is 89.4 Å². The quantitative estimate of drug-likeness (QED) is 0.645. The van der Waals surface area contributed by atoms with E-state index < -0.39 is 29.3 Å². The van der Waals surface area contributed by atoms with Gasteiger partial charge in [0.1, 0.15) is 23.3 Å². The summed E-state index contributed by atoms with van der Waals surface area (Å²) in [5.41, 5.74) is 0.208. The monoisotopic (exact) mass is 454 g/mol. The fraction of sp³-hybridized carbons (Fsp3) is 0.208. The maximum absolute atomic E-state index is 14.0. The summed E-state index contributed by atoms with van der Waals surface area (Å²) >= 11 is 0. The highest BCUT2D eigenvalue weighted by Crippen LogP contribution is 2.19. The third-order valence-corrected chi connectivity index (χ3v) is 5.39. The molecule has 6 nitrogen and oxygen atoms in total. The number of hydrogen-bond donors (Lipinski definition) is 1. The summed E-state index contributed by atoms with van der Waals surface area (Å²) in [4.78, 5) is 32.8. The van der Waals surface area contributed by atoms with Crippen LogP contribution in [0.25, 0.3) is 0 Å². The van der Waals surface area contributed by atoms with E-state index in [1.807, 2.05) is 4.90 Å². The molecule has 0 saturated carbocycles. The standard InChI is InChI=1S/C24H21F3N4O2/c25-16-6-8-19(21(27)14-16)24(33)31-11-3-10-30(12-13-31)22-9-7-17(15-28-22)29-23(32)18-4-1-2-5-20(18)26/h1-2,4-9,14-15H,3,10-13H2,(H,29,32). The Labute approximate surface area is 188 Å². The molecule has 2 aromatic carbocycles. The second-order valence-electron chi connectivity index (χ2n) is 7.60. The number of rotatable bonds is 4. The van der Waals surface area contributed by atoms with E-state index in [4.69, 9.17) is 0 Å². The summed E-state index contributed by atoms with van der Waals surface area (Å²) in [5.74, 6) is -2.61. The van der Waals surface area contributed by atoms with Gasteiger partial charge in [-0.15, -0.1) is 0 Å². The van der Waals surface area contributed by atoms with Crippen molar-refractivity contribution < 1.29 is 22.8 Å². The molecular formula is C24H21F3N4O2. The van der Waals surface area contributed by atoms with Crippen molar-refractivity contribution in [2.75, 3.05) is 36.4 Å². The molecule has 2 amide bonds. The summed E-state index contributed by atoms with van der Waals surface area (Å²) in [7, 11) is 0. The number of nitrogens with one attached hydrogen (secondary N) is 1. The van der Waals surface area contributed by atoms with E-state index in [0.29, 0.717) is 50.2 Å². The number of carbonyl (C=O) groups is 2. The second kappa shape index (κ2) is 9.72.